The average molecular weight is 464 g/mol. The van der Waals surface area contributed by atoms with Crippen LogP contribution in [0.4, 0.5) is 5.82 Å². The standard InChI is InChI=1S/C24H25N5O3S/c1-4-25-24(30)17(3)27-22-7-5-6-21(28-22)19-12-14-26-23-20(19)13-15-29(23)33(31,32)18-10-8-16(2)9-11-18/h5-15,17H,4H2,1-3H3,(H,25,30)(H,27,28)/t17-/m0/s1. The monoisotopic (exact) mass is 463 g/mol. The van der Waals surface area contributed by atoms with E-state index in [1.165, 1.54) is 10.2 Å². The molecule has 0 aliphatic carbocycles. The van der Waals surface area contributed by atoms with E-state index in [2.05, 4.69) is 20.6 Å². The van der Waals surface area contributed by atoms with Crippen LogP contribution in [0.5, 0.6) is 0 Å². The zero-order chi connectivity index (χ0) is 23.6. The van der Waals surface area contributed by atoms with Crippen LogP contribution in [-0.2, 0) is 14.8 Å². The molecule has 1 atom stereocenters. The van der Waals surface area contributed by atoms with Gasteiger partial charge in [0.05, 0.1) is 10.6 Å². The van der Waals surface area contributed by atoms with E-state index in [1.54, 1.807) is 55.6 Å². The van der Waals surface area contributed by atoms with Crippen LogP contribution in [-0.4, -0.2) is 40.9 Å². The molecule has 170 valence electrons. The number of benzene rings is 1. The third kappa shape index (κ3) is 4.45. The number of fused-ring (bicyclic) bond motifs is 1. The first-order valence-corrected chi connectivity index (χ1v) is 12.0. The summed E-state index contributed by atoms with van der Waals surface area (Å²) in [5, 5.41) is 6.53. The van der Waals surface area contributed by atoms with Crippen molar-refractivity contribution in [2.45, 2.75) is 31.7 Å². The normalized spacial score (nSPS) is 12.5. The third-order valence-corrected chi connectivity index (χ3v) is 6.95. The summed E-state index contributed by atoms with van der Waals surface area (Å²) in [4.78, 5) is 21.2. The largest absolute Gasteiger partial charge is 0.359 e. The zero-order valence-electron chi connectivity index (χ0n) is 18.6. The number of rotatable bonds is 7. The fourth-order valence-corrected chi connectivity index (χ4v) is 4.84. The topological polar surface area (TPSA) is 106 Å². The summed E-state index contributed by atoms with van der Waals surface area (Å²) in [6, 6.07) is 15.2. The molecule has 0 aliphatic heterocycles. The molecule has 0 radical (unpaired) electrons. The van der Waals surface area contributed by atoms with Gasteiger partial charge in [0.25, 0.3) is 10.0 Å². The Morgan fingerprint density at radius 1 is 1.09 bits per heavy atom. The smallest absolute Gasteiger partial charge is 0.269 e. The van der Waals surface area contributed by atoms with Gasteiger partial charge in [-0.05, 0) is 57.2 Å². The Morgan fingerprint density at radius 2 is 1.85 bits per heavy atom. The van der Waals surface area contributed by atoms with Gasteiger partial charge in [-0.25, -0.2) is 22.4 Å². The predicted molar refractivity (Wildman–Crippen MR) is 128 cm³/mol. The number of likely N-dealkylation sites (N-methyl/N-ethyl adjacent to an activating group) is 1. The molecule has 0 aliphatic rings. The Hall–Kier alpha value is -3.72. The molecule has 4 aromatic rings. The lowest BCUT2D eigenvalue weighted by molar-refractivity contribution is -0.121. The molecule has 1 aromatic carbocycles. The van der Waals surface area contributed by atoms with Crippen LogP contribution in [0.2, 0.25) is 0 Å². The van der Waals surface area contributed by atoms with E-state index in [9.17, 15) is 13.2 Å². The number of hydrogen-bond donors (Lipinski definition) is 2. The van der Waals surface area contributed by atoms with E-state index < -0.39 is 16.1 Å². The number of anilines is 1. The summed E-state index contributed by atoms with van der Waals surface area (Å²) in [5.74, 6) is 0.428. The molecule has 0 saturated heterocycles. The second-order valence-electron chi connectivity index (χ2n) is 7.69. The van der Waals surface area contributed by atoms with Crippen molar-refractivity contribution >= 4 is 32.8 Å². The summed E-state index contributed by atoms with van der Waals surface area (Å²) in [6.45, 7) is 6.08. The Balaban J connectivity index is 1.72. The number of pyridine rings is 2. The minimum atomic E-state index is -3.80. The predicted octanol–water partition coefficient (Wildman–Crippen LogP) is 3.58. The lowest BCUT2D eigenvalue weighted by Crippen LogP contribution is -2.37. The van der Waals surface area contributed by atoms with Gasteiger partial charge in [-0.1, -0.05) is 23.8 Å². The maximum atomic E-state index is 13.2. The first kappa shape index (κ1) is 22.5. The van der Waals surface area contributed by atoms with Crippen molar-refractivity contribution in [3.63, 3.8) is 0 Å². The van der Waals surface area contributed by atoms with Crippen LogP contribution in [0.3, 0.4) is 0 Å². The van der Waals surface area contributed by atoms with Gasteiger partial charge in [0.15, 0.2) is 5.65 Å². The summed E-state index contributed by atoms with van der Waals surface area (Å²) < 4.78 is 27.6. The van der Waals surface area contributed by atoms with Crippen LogP contribution in [0.15, 0.2) is 71.9 Å². The van der Waals surface area contributed by atoms with Crippen LogP contribution in [0.1, 0.15) is 19.4 Å². The van der Waals surface area contributed by atoms with Crippen molar-refractivity contribution in [2.24, 2.45) is 0 Å². The SMILES string of the molecule is CCNC(=O)[C@H](C)Nc1cccc(-c2ccnc3c2ccn3S(=O)(=O)c2ccc(C)cc2)n1. The molecule has 3 heterocycles. The number of aromatic nitrogens is 3. The second kappa shape index (κ2) is 9.03. The molecule has 2 N–H and O–H groups in total. The average Bonchev–Trinajstić information content (AvgIpc) is 3.25. The quantitative estimate of drug-likeness (QED) is 0.434. The number of carbonyl (C=O) groups excluding carboxylic acids is 1. The van der Waals surface area contributed by atoms with Crippen molar-refractivity contribution in [1.29, 1.82) is 0 Å². The zero-order valence-corrected chi connectivity index (χ0v) is 19.4. The number of nitrogens with zero attached hydrogens (tertiary/aromatic N) is 3. The molecule has 9 heteroatoms. The molecule has 0 spiro atoms. The number of nitrogens with one attached hydrogen (secondary N) is 2. The highest BCUT2D eigenvalue weighted by Crippen LogP contribution is 2.29. The van der Waals surface area contributed by atoms with E-state index >= 15 is 0 Å². The molecule has 1 amide bonds. The summed E-state index contributed by atoms with van der Waals surface area (Å²) in [7, 11) is -3.80. The highest BCUT2D eigenvalue weighted by atomic mass is 32.2. The van der Waals surface area contributed by atoms with Crippen molar-refractivity contribution in [3.05, 3.63) is 72.6 Å². The maximum Gasteiger partial charge on any atom is 0.269 e. The van der Waals surface area contributed by atoms with E-state index in [0.29, 0.717) is 29.1 Å². The van der Waals surface area contributed by atoms with Crippen molar-refractivity contribution in [1.82, 2.24) is 19.3 Å². The van der Waals surface area contributed by atoms with Crippen LogP contribution in [0.25, 0.3) is 22.3 Å². The summed E-state index contributed by atoms with van der Waals surface area (Å²) >= 11 is 0. The molecular weight excluding hydrogens is 438 g/mol. The van der Waals surface area contributed by atoms with E-state index in [0.717, 1.165) is 11.1 Å². The highest BCUT2D eigenvalue weighted by molar-refractivity contribution is 7.90. The fourth-order valence-electron chi connectivity index (χ4n) is 3.54. The minimum Gasteiger partial charge on any atom is -0.359 e. The van der Waals surface area contributed by atoms with Gasteiger partial charge in [-0.3, -0.25) is 4.79 Å². The minimum absolute atomic E-state index is 0.116. The summed E-state index contributed by atoms with van der Waals surface area (Å²) in [6.07, 6.45) is 3.08. The number of hydrogen-bond acceptors (Lipinski definition) is 6. The van der Waals surface area contributed by atoms with Crippen molar-refractivity contribution in [2.75, 3.05) is 11.9 Å². The molecule has 0 saturated carbocycles. The fraction of sp³-hybridized carbons (Fsp3) is 0.208. The van der Waals surface area contributed by atoms with Crippen molar-refractivity contribution in [3.8, 4) is 11.3 Å². The van der Waals surface area contributed by atoms with Gasteiger partial charge < -0.3 is 10.6 Å². The lowest BCUT2D eigenvalue weighted by Gasteiger charge is -2.14. The number of carbonyl (C=O) groups is 1. The first-order chi connectivity index (χ1) is 15.8. The molecule has 0 bridgehead atoms. The lowest BCUT2D eigenvalue weighted by atomic mass is 10.1. The Morgan fingerprint density at radius 3 is 2.58 bits per heavy atom. The van der Waals surface area contributed by atoms with Crippen LogP contribution < -0.4 is 10.6 Å². The molecule has 3 aromatic heterocycles. The van der Waals surface area contributed by atoms with Crippen molar-refractivity contribution < 1.29 is 13.2 Å². The maximum absolute atomic E-state index is 13.2. The van der Waals surface area contributed by atoms with Crippen LogP contribution in [0, 0.1) is 6.92 Å². The van der Waals surface area contributed by atoms with Gasteiger partial charge in [-0.15, -0.1) is 0 Å². The molecule has 8 nitrogen and oxygen atoms in total. The summed E-state index contributed by atoms with van der Waals surface area (Å²) in [5.41, 5.74) is 2.69. The van der Waals surface area contributed by atoms with E-state index in [1.807, 2.05) is 26.0 Å². The Bertz CT molecular complexity index is 1410. The van der Waals surface area contributed by atoms with E-state index in [-0.39, 0.29) is 10.8 Å². The molecule has 4 rings (SSSR count). The number of amides is 1. The van der Waals surface area contributed by atoms with Gasteiger partial charge in [0.2, 0.25) is 5.91 Å². The van der Waals surface area contributed by atoms with E-state index in [4.69, 9.17) is 0 Å². The second-order valence-corrected chi connectivity index (χ2v) is 9.51. The Labute approximate surface area is 192 Å². The van der Waals surface area contributed by atoms with Gasteiger partial charge in [0.1, 0.15) is 11.9 Å². The molecular formula is C24H25N5O3S. The van der Waals surface area contributed by atoms with Gasteiger partial charge in [0, 0.05) is 29.9 Å². The molecule has 33 heavy (non-hydrogen) atoms. The molecule has 0 unspecified atom stereocenters. The Kier molecular flexibility index (Phi) is 6.15. The highest BCUT2D eigenvalue weighted by Gasteiger charge is 2.21. The first-order valence-electron chi connectivity index (χ1n) is 10.6. The number of aryl methyl sites for hydroxylation is 1. The van der Waals surface area contributed by atoms with Crippen LogP contribution >= 0.6 is 0 Å². The third-order valence-electron chi connectivity index (χ3n) is 5.27. The van der Waals surface area contributed by atoms with Gasteiger partial charge in [-0.2, -0.15) is 0 Å². The van der Waals surface area contributed by atoms with Gasteiger partial charge >= 0.3 is 0 Å². The molecule has 0 fully saturated rings.